The number of rotatable bonds is 4. The Labute approximate surface area is 128 Å². The number of hydrogen-bond donors (Lipinski definition) is 3. The van der Waals surface area contributed by atoms with E-state index < -0.39 is 0 Å². The molecule has 3 N–H and O–H groups in total. The van der Waals surface area contributed by atoms with E-state index in [2.05, 4.69) is 38.3 Å². The number of amides is 1. The molecule has 0 bridgehead atoms. The minimum absolute atomic E-state index is 0.0166. The third-order valence-electron chi connectivity index (χ3n) is 4.60. The molecule has 1 aliphatic heterocycles. The summed E-state index contributed by atoms with van der Waals surface area (Å²) in [6, 6.07) is 8.21. The smallest absolute Gasteiger partial charge is 0.282 e. The lowest BCUT2D eigenvalue weighted by atomic mass is 10.0. The second-order valence-electron chi connectivity index (χ2n) is 6.60. The van der Waals surface area contributed by atoms with Crippen molar-refractivity contribution in [3.63, 3.8) is 0 Å². The molecule has 1 heterocycles. The minimum atomic E-state index is 0.0166. The highest BCUT2D eigenvalue weighted by Crippen LogP contribution is 2.17. The summed E-state index contributed by atoms with van der Waals surface area (Å²) >= 11 is 0. The monoisotopic (exact) mass is 291 g/mol. The number of carbonyl (C=O) groups excluding carboxylic acids is 1. The van der Waals surface area contributed by atoms with Crippen molar-refractivity contribution in [3.8, 4) is 0 Å². The molecule has 1 aliphatic rings. The fourth-order valence-electron chi connectivity index (χ4n) is 2.82. The van der Waals surface area contributed by atoms with E-state index in [-0.39, 0.29) is 11.9 Å². The van der Waals surface area contributed by atoms with Crippen LogP contribution in [0, 0.1) is 0 Å². The highest BCUT2D eigenvalue weighted by molar-refractivity contribution is 5.93. The van der Waals surface area contributed by atoms with Gasteiger partial charge in [-0.2, -0.15) is 0 Å². The molecule has 0 spiro atoms. The van der Waals surface area contributed by atoms with E-state index in [0.29, 0.717) is 5.92 Å². The number of likely N-dealkylation sites (N-methyl/N-ethyl adjacent to an activating group) is 1. The molecule has 1 aromatic rings. The summed E-state index contributed by atoms with van der Waals surface area (Å²) in [5, 5.41) is 3.05. The number of quaternary nitrogens is 2. The van der Waals surface area contributed by atoms with Gasteiger partial charge < -0.3 is 15.1 Å². The summed E-state index contributed by atoms with van der Waals surface area (Å²) < 4.78 is 0. The topological polar surface area (TPSA) is 38.0 Å². The van der Waals surface area contributed by atoms with Crippen LogP contribution in [0.3, 0.4) is 0 Å². The van der Waals surface area contributed by atoms with Gasteiger partial charge in [-0.1, -0.05) is 26.0 Å². The van der Waals surface area contributed by atoms with Gasteiger partial charge >= 0.3 is 0 Å². The third-order valence-corrected chi connectivity index (χ3v) is 4.60. The van der Waals surface area contributed by atoms with Crippen LogP contribution < -0.4 is 15.1 Å². The molecular formula is C17H29N3O+2. The molecule has 1 saturated heterocycles. The van der Waals surface area contributed by atoms with Gasteiger partial charge in [0.05, 0.1) is 7.05 Å². The summed E-state index contributed by atoms with van der Waals surface area (Å²) in [6.07, 6.45) is 0. The van der Waals surface area contributed by atoms with E-state index in [9.17, 15) is 4.79 Å². The van der Waals surface area contributed by atoms with Gasteiger partial charge in [0.15, 0.2) is 6.04 Å². The first-order chi connectivity index (χ1) is 9.97. The van der Waals surface area contributed by atoms with Crippen LogP contribution in [0.1, 0.15) is 32.3 Å². The molecule has 4 heteroatoms. The zero-order chi connectivity index (χ0) is 15.4. The molecule has 1 amide bonds. The van der Waals surface area contributed by atoms with Crippen molar-refractivity contribution in [1.29, 1.82) is 0 Å². The van der Waals surface area contributed by atoms with Gasteiger partial charge in [0, 0.05) is 5.69 Å². The van der Waals surface area contributed by atoms with Crippen LogP contribution in [0.15, 0.2) is 24.3 Å². The molecular weight excluding hydrogens is 262 g/mol. The van der Waals surface area contributed by atoms with Gasteiger partial charge in [0.2, 0.25) is 0 Å². The van der Waals surface area contributed by atoms with E-state index >= 15 is 0 Å². The average molecular weight is 291 g/mol. The molecule has 1 fully saturated rings. The number of carbonyl (C=O) groups is 1. The predicted molar refractivity (Wildman–Crippen MR) is 85.9 cm³/mol. The van der Waals surface area contributed by atoms with Crippen LogP contribution in [0.25, 0.3) is 0 Å². The Bertz CT molecular complexity index is 461. The van der Waals surface area contributed by atoms with Crippen molar-refractivity contribution in [2.75, 3.05) is 38.5 Å². The van der Waals surface area contributed by atoms with Crippen LogP contribution in [-0.2, 0) is 4.79 Å². The van der Waals surface area contributed by atoms with Gasteiger partial charge in [-0.3, -0.25) is 4.79 Å². The number of nitrogens with one attached hydrogen (secondary N) is 3. The molecule has 0 unspecified atom stereocenters. The van der Waals surface area contributed by atoms with E-state index in [1.807, 2.05) is 19.1 Å². The first-order valence-electron chi connectivity index (χ1n) is 8.04. The standard InChI is InChI=1S/C17H27N3O/c1-13(2)15-5-7-16(8-6-15)18-17(21)14(3)20-11-9-19(4)10-12-20/h5-8,13-14H,9-12H2,1-4H3,(H,18,21)/p+2/t14-/m0/s1. The Morgan fingerprint density at radius 1 is 1.05 bits per heavy atom. The SMILES string of the molecule is CC(C)c1ccc(NC(=O)[C@H](C)[NH+]2CC[NH+](C)CC2)cc1. The second kappa shape index (κ2) is 7.05. The van der Waals surface area contributed by atoms with Gasteiger partial charge in [-0.05, 0) is 30.5 Å². The fourth-order valence-corrected chi connectivity index (χ4v) is 2.82. The molecule has 0 radical (unpaired) electrons. The number of hydrogen-bond acceptors (Lipinski definition) is 1. The Hall–Kier alpha value is -1.39. The number of piperazine rings is 1. The molecule has 0 saturated carbocycles. The maximum atomic E-state index is 12.4. The van der Waals surface area contributed by atoms with Crippen molar-refractivity contribution < 1.29 is 14.6 Å². The maximum Gasteiger partial charge on any atom is 0.282 e. The molecule has 21 heavy (non-hydrogen) atoms. The highest BCUT2D eigenvalue weighted by atomic mass is 16.2. The summed E-state index contributed by atoms with van der Waals surface area (Å²) in [5.74, 6) is 0.646. The van der Waals surface area contributed by atoms with Crippen LogP contribution in [0.2, 0.25) is 0 Å². The Balaban J connectivity index is 1.91. The predicted octanol–water partition coefficient (Wildman–Crippen LogP) is -0.450. The van der Waals surface area contributed by atoms with Crippen LogP contribution >= 0.6 is 0 Å². The number of benzene rings is 1. The summed E-state index contributed by atoms with van der Waals surface area (Å²) in [7, 11) is 2.22. The first kappa shape index (κ1) is 16.0. The molecule has 4 nitrogen and oxygen atoms in total. The fraction of sp³-hybridized carbons (Fsp3) is 0.588. The maximum absolute atomic E-state index is 12.4. The van der Waals surface area contributed by atoms with Crippen LogP contribution in [0.5, 0.6) is 0 Å². The summed E-state index contributed by atoms with van der Waals surface area (Å²) in [4.78, 5) is 15.3. The van der Waals surface area contributed by atoms with Crippen molar-refractivity contribution in [1.82, 2.24) is 0 Å². The van der Waals surface area contributed by atoms with E-state index in [0.717, 1.165) is 31.9 Å². The molecule has 0 aliphatic carbocycles. The molecule has 1 aromatic carbocycles. The normalized spacial score (nSPS) is 23.9. The Kier molecular flexibility index (Phi) is 5.37. The lowest BCUT2D eigenvalue weighted by Crippen LogP contribution is -3.29. The van der Waals surface area contributed by atoms with Gasteiger partial charge in [0.25, 0.3) is 5.91 Å². The largest absolute Gasteiger partial charge is 0.328 e. The Morgan fingerprint density at radius 3 is 2.14 bits per heavy atom. The van der Waals surface area contributed by atoms with E-state index in [1.165, 1.54) is 10.5 Å². The van der Waals surface area contributed by atoms with Crippen LogP contribution in [-0.4, -0.2) is 45.2 Å². The molecule has 2 rings (SSSR count). The van der Waals surface area contributed by atoms with E-state index in [4.69, 9.17) is 0 Å². The average Bonchev–Trinajstić information content (AvgIpc) is 2.47. The third kappa shape index (κ3) is 4.29. The summed E-state index contributed by atoms with van der Waals surface area (Å²) in [6.45, 7) is 10.8. The van der Waals surface area contributed by atoms with Crippen molar-refractivity contribution in [2.45, 2.75) is 32.7 Å². The molecule has 116 valence electrons. The second-order valence-corrected chi connectivity index (χ2v) is 6.60. The number of anilines is 1. The van der Waals surface area contributed by atoms with Crippen molar-refractivity contribution in [2.24, 2.45) is 0 Å². The van der Waals surface area contributed by atoms with Crippen molar-refractivity contribution in [3.05, 3.63) is 29.8 Å². The molecule has 0 aromatic heterocycles. The highest BCUT2D eigenvalue weighted by Gasteiger charge is 2.29. The quantitative estimate of drug-likeness (QED) is 0.691. The lowest BCUT2D eigenvalue weighted by molar-refractivity contribution is -1.01. The van der Waals surface area contributed by atoms with Gasteiger partial charge in [-0.15, -0.1) is 0 Å². The zero-order valence-corrected chi connectivity index (χ0v) is 13.7. The van der Waals surface area contributed by atoms with Crippen molar-refractivity contribution >= 4 is 11.6 Å². The molecule has 1 atom stereocenters. The first-order valence-corrected chi connectivity index (χ1v) is 8.04. The van der Waals surface area contributed by atoms with Gasteiger partial charge in [-0.25, -0.2) is 0 Å². The van der Waals surface area contributed by atoms with Gasteiger partial charge in [0.1, 0.15) is 26.2 Å². The zero-order valence-electron chi connectivity index (χ0n) is 13.7. The summed E-state index contributed by atoms with van der Waals surface area (Å²) in [5.41, 5.74) is 2.20. The Morgan fingerprint density at radius 2 is 1.62 bits per heavy atom. The lowest BCUT2D eigenvalue weighted by Gasteiger charge is -2.30. The van der Waals surface area contributed by atoms with Crippen LogP contribution in [0.4, 0.5) is 5.69 Å². The van der Waals surface area contributed by atoms with E-state index in [1.54, 1.807) is 4.90 Å². The minimum Gasteiger partial charge on any atom is -0.328 e.